The number of carbonyl (C=O) groups excluding carboxylic acids is 1. The molecule has 0 spiro atoms. The van der Waals surface area contributed by atoms with Crippen LogP contribution in [-0.4, -0.2) is 35.0 Å². The third-order valence-electron chi connectivity index (χ3n) is 3.60. The Morgan fingerprint density at radius 2 is 2.00 bits per heavy atom. The van der Waals surface area contributed by atoms with E-state index in [1.807, 2.05) is 18.7 Å². The van der Waals surface area contributed by atoms with Gasteiger partial charge in [-0.2, -0.15) is 0 Å². The molecule has 1 amide bonds. The maximum Gasteiger partial charge on any atom is 0.260 e. The molecule has 4 nitrogen and oxygen atoms in total. The number of rotatable bonds is 7. The highest BCUT2D eigenvalue weighted by Gasteiger charge is 2.28. The largest absolute Gasteiger partial charge is 0.484 e. The van der Waals surface area contributed by atoms with Crippen LogP contribution in [0.5, 0.6) is 5.75 Å². The Labute approximate surface area is 131 Å². The lowest BCUT2D eigenvalue weighted by atomic mass is 10.2. The van der Waals surface area contributed by atoms with Gasteiger partial charge in [-0.15, -0.1) is 0 Å². The predicted molar refractivity (Wildman–Crippen MR) is 87.4 cm³/mol. The zero-order valence-electron chi connectivity index (χ0n) is 12.5. The first kappa shape index (κ1) is 15.8. The smallest absolute Gasteiger partial charge is 0.260 e. The minimum Gasteiger partial charge on any atom is -0.484 e. The van der Waals surface area contributed by atoms with E-state index in [9.17, 15) is 4.79 Å². The van der Waals surface area contributed by atoms with E-state index in [1.165, 1.54) is 12.8 Å². The number of nitrogens with two attached hydrogens (primary N) is 1. The Bertz CT molecular complexity index is 510. The van der Waals surface area contributed by atoms with Gasteiger partial charge < -0.3 is 15.4 Å². The van der Waals surface area contributed by atoms with Crippen LogP contribution < -0.4 is 10.5 Å². The average Bonchev–Trinajstić information content (AvgIpc) is 3.26. The van der Waals surface area contributed by atoms with E-state index in [4.69, 9.17) is 22.7 Å². The third-order valence-corrected chi connectivity index (χ3v) is 3.83. The van der Waals surface area contributed by atoms with E-state index >= 15 is 0 Å². The van der Waals surface area contributed by atoms with Crippen molar-refractivity contribution in [1.82, 2.24) is 4.90 Å². The predicted octanol–water partition coefficient (Wildman–Crippen LogP) is 2.35. The van der Waals surface area contributed by atoms with E-state index in [0.29, 0.717) is 16.7 Å². The molecule has 0 saturated heterocycles. The summed E-state index contributed by atoms with van der Waals surface area (Å²) >= 11 is 4.90. The molecule has 21 heavy (non-hydrogen) atoms. The molecule has 114 valence electrons. The van der Waals surface area contributed by atoms with Crippen molar-refractivity contribution in [2.75, 3.05) is 13.2 Å². The van der Waals surface area contributed by atoms with Crippen LogP contribution in [0.3, 0.4) is 0 Å². The SMILES string of the molecule is CC(C)N(CC1CC1)C(=O)COc1ccc(C(N)=S)cc1. The van der Waals surface area contributed by atoms with Crippen molar-refractivity contribution >= 4 is 23.1 Å². The molecule has 1 aliphatic carbocycles. The number of carbonyl (C=O) groups is 1. The minimum atomic E-state index is 0.0373. The van der Waals surface area contributed by atoms with Gasteiger partial charge in [-0.25, -0.2) is 0 Å². The summed E-state index contributed by atoms with van der Waals surface area (Å²) < 4.78 is 5.56. The van der Waals surface area contributed by atoms with Gasteiger partial charge in [-0.3, -0.25) is 4.79 Å². The first-order valence-corrected chi connectivity index (χ1v) is 7.70. The van der Waals surface area contributed by atoms with E-state index in [-0.39, 0.29) is 18.6 Å². The maximum atomic E-state index is 12.3. The van der Waals surface area contributed by atoms with E-state index in [0.717, 1.165) is 12.1 Å². The van der Waals surface area contributed by atoms with Gasteiger partial charge >= 0.3 is 0 Å². The van der Waals surface area contributed by atoms with Crippen LogP contribution in [0.25, 0.3) is 0 Å². The van der Waals surface area contributed by atoms with E-state index < -0.39 is 0 Å². The molecule has 0 atom stereocenters. The van der Waals surface area contributed by atoms with E-state index in [1.54, 1.807) is 24.3 Å². The molecular formula is C16H22N2O2S. The highest BCUT2D eigenvalue weighted by Crippen LogP contribution is 2.30. The molecule has 0 heterocycles. The zero-order chi connectivity index (χ0) is 15.4. The van der Waals surface area contributed by atoms with E-state index in [2.05, 4.69) is 0 Å². The second-order valence-corrected chi connectivity index (χ2v) is 6.20. The van der Waals surface area contributed by atoms with Crippen LogP contribution in [-0.2, 0) is 4.79 Å². The van der Waals surface area contributed by atoms with Crippen LogP contribution in [0.15, 0.2) is 24.3 Å². The lowest BCUT2D eigenvalue weighted by Gasteiger charge is -2.26. The van der Waals surface area contributed by atoms with Crippen molar-refractivity contribution in [3.8, 4) is 5.75 Å². The number of hydrogen-bond acceptors (Lipinski definition) is 3. The van der Waals surface area contributed by atoms with Crippen molar-refractivity contribution in [2.24, 2.45) is 11.7 Å². The molecule has 0 aromatic heterocycles. The quantitative estimate of drug-likeness (QED) is 0.786. The summed E-state index contributed by atoms with van der Waals surface area (Å²) in [5, 5.41) is 0. The highest BCUT2D eigenvalue weighted by molar-refractivity contribution is 7.80. The number of amides is 1. The van der Waals surface area contributed by atoms with Crippen LogP contribution in [0, 0.1) is 5.92 Å². The molecule has 0 bridgehead atoms. The third kappa shape index (κ3) is 4.70. The summed E-state index contributed by atoms with van der Waals surface area (Å²) in [6, 6.07) is 7.36. The van der Waals surface area contributed by atoms with Gasteiger partial charge in [-0.1, -0.05) is 12.2 Å². The summed E-state index contributed by atoms with van der Waals surface area (Å²) in [7, 11) is 0. The number of ether oxygens (including phenoxy) is 1. The van der Waals surface area contributed by atoms with Crippen LogP contribution >= 0.6 is 12.2 Å². The average molecular weight is 306 g/mol. The maximum absolute atomic E-state index is 12.3. The molecule has 2 N–H and O–H groups in total. The first-order valence-electron chi connectivity index (χ1n) is 7.29. The normalized spacial score (nSPS) is 14.0. The molecule has 5 heteroatoms. The lowest BCUT2D eigenvalue weighted by Crippen LogP contribution is -2.41. The molecule has 1 aliphatic rings. The molecule has 2 rings (SSSR count). The number of nitrogens with zero attached hydrogens (tertiary/aromatic N) is 1. The van der Waals surface area contributed by atoms with Crippen molar-refractivity contribution in [3.63, 3.8) is 0 Å². The second kappa shape index (κ2) is 6.89. The van der Waals surface area contributed by atoms with Gasteiger partial charge in [-0.05, 0) is 56.9 Å². The zero-order valence-corrected chi connectivity index (χ0v) is 13.4. The second-order valence-electron chi connectivity index (χ2n) is 5.76. The fourth-order valence-electron chi connectivity index (χ4n) is 2.12. The Hall–Kier alpha value is -1.62. The van der Waals surface area contributed by atoms with Crippen molar-refractivity contribution in [3.05, 3.63) is 29.8 Å². The van der Waals surface area contributed by atoms with Crippen molar-refractivity contribution < 1.29 is 9.53 Å². The molecular weight excluding hydrogens is 284 g/mol. The van der Waals surface area contributed by atoms with Crippen LogP contribution in [0.2, 0.25) is 0 Å². The Morgan fingerprint density at radius 1 is 1.38 bits per heavy atom. The van der Waals surface area contributed by atoms with Gasteiger partial charge in [0.1, 0.15) is 10.7 Å². The summed E-state index contributed by atoms with van der Waals surface area (Å²) in [5.41, 5.74) is 6.33. The molecule has 0 unspecified atom stereocenters. The molecule has 1 aromatic carbocycles. The summed E-state index contributed by atoms with van der Waals surface area (Å²) in [5.74, 6) is 1.37. The Kier molecular flexibility index (Phi) is 5.17. The van der Waals surface area contributed by atoms with Gasteiger partial charge in [0, 0.05) is 18.2 Å². The Morgan fingerprint density at radius 3 is 2.48 bits per heavy atom. The fourth-order valence-corrected chi connectivity index (χ4v) is 2.26. The molecule has 1 aromatic rings. The number of hydrogen-bond donors (Lipinski definition) is 1. The van der Waals surface area contributed by atoms with Gasteiger partial charge in [0.15, 0.2) is 6.61 Å². The number of thiocarbonyl (C=S) groups is 1. The Balaban J connectivity index is 1.88. The minimum absolute atomic E-state index is 0.0373. The molecule has 1 saturated carbocycles. The fraction of sp³-hybridized carbons (Fsp3) is 0.500. The number of benzene rings is 1. The standard InChI is InChI=1S/C16H22N2O2S/c1-11(2)18(9-12-3-4-12)15(19)10-20-14-7-5-13(6-8-14)16(17)21/h5-8,11-12H,3-4,9-10H2,1-2H3,(H2,17,21). The van der Waals surface area contributed by atoms with Crippen LogP contribution in [0.4, 0.5) is 0 Å². The molecule has 0 radical (unpaired) electrons. The topological polar surface area (TPSA) is 55.6 Å². The molecule has 1 fully saturated rings. The van der Waals surface area contributed by atoms with Gasteiger partial charge in [0.2, 0.25) is 0 Å². The first-order chi connectivity index (χ1) is 9.97. The van der Waals surface area contributed by atoms with Gasteiger partial charge in [0.25, 0.3) is 5.91 Å². The van der Waals surface area contributed by atoms with Crippen molar-refractivity contribution in [2.45, 2.75) is 32.7 Å². The summed E-state index contributed by atoms with van der Waals surface area (Å²) in [6.07, 6.45) is 2.47. The lowest BCUT2D eigenvalue weighted by molar-refractivity contribution is -0.135. The summed E-state index contributed by atoms with van der Waals surface area (Å²) in [4.78, 5) is 14.5. The van der Waals surface area contributed by atoms with Gasteiger partial charge in [0.05, 0.1) is 0 Å². The monoisotopic (exact) mass is 306 g/mol. The molecule has 0 aliphatic heterocycles. The summed E-state index contributed by atoms with van der Waals surface area (Å²) in [6.45, 7) is 4.99. The van der Waals surface area contributed by atoms with Crippen LogP contribution in [0.1, 0.15) is 32.3 Å². The highest BCUT2D eigenvalue weighted by atomic mass is 32.1. The van der Waals surface area contributed by atoms with Crippen molar-refractivity contribution in [1.29, 1.82) is 0 Å².